The summed E-state index contributed by atoms with van der Waals surface area (Å²) in [6.07, 6.45) is 1.16. The summed E-state index contributed by atoms with van der Waals surface area (Å²) >= 11 is 5.40. The van der Waals surface area contributed by atoms with Crippen LogP contribution in [0.3, 0.4) is 0 Å². The Hall–Kier alpha value is -0.420. The Balaban J connectivity index is 2.35. The van der Waals surface area contributed by atoms with Crippen LogP contribution < -0.4 is 5.32 Å². The molecule has 0 amide bonds. The predicted octanol–water partition coefficient (Wildman–Crippen LogP) is 4.31. The lowest BCUT2D eigenvalue weighted by Crippen LogP contribution is -2.13. The molecule has 0 fully saturated rings. The van der Waals surface area contributed by atoms with E-state index in [1.165, 1.54) is 20.5 Å². The average molecular weight is 328 g/mol. The van der Waals surface area contributed by atoms with Crippen molar-refractivity contribution in [3.05, 3.63) is 33.1 Å². The fraction of sp³-hybridized carbons (Fsp3) is 0.429. The molecule has 0 spiro atoms. The standard InChI is InChI=1S/C14H18BrNOS/c1-3-6-16-8-14-12(9-17-2)11-7-10(15)4-5-13(11)18-14/h4-5,7,16H,3,6,8-9H2,1-2H3. The number of thiophene rings is 1. The first-order valence-electron chi connectivity index (χ1n) is 6.15. The van der Waals surface area contributed by atoms with Gasteiger partial charge in [0.15, 0.2) is 0 Å². The van der Waals surface area contributed by atoms with E-state index in [2.05, 4.69) is 46.4 Å². The van der Waals surface area contributed by atoms with Gasteiger partial charge in [-0.3, -0.25) is 0 Å². The zero-order chi connectivity index (χ0) is 13.0. The smallest absolute Gasteiger partial charge is 0.0730 e. The largest absolute Gasteiger partial charge is 0.380 e. The molecule has 0 saturated heterocycles. The van der Waals surface area contributed by atoms with Crippen molar-refractivity contribution in [1.82, 2.24) is 5.32 Å². The molecule has 2 rings (SSSR count). The van der Waals surface area contributed by atoms with Crippen molar-refractivity contribution >= 4 is 37.4 Å². The van der Waals surface area contributed by atoms with Crippen LogP contribution in [0.2, 0.25) is 0 Å². The van der Waals surface area contributed by atoms with Crippen LogP contribution >= 0.6 is 27.3 Å². The maximum absolute atomic E-state index is 5.34. The number of hydrogen-bond donors (Lipinski definition) is 1. The fourth-order valence-electron chi connectivity index (χ4n) is 2.00. The van der Waals surface area contributed by atoms with Crippen LogP contribution in [-0.2, 0) is 17.9 Å². The van der Waals surface area contributed by atoms with Gasteiger partial charge in [0.2, 0.25) is 0 Å². The normalized spacial score (nSPS) is 11.3. The maximum Gasteiger partial charge on any atom is 0.0730 e. The van der Waals surface area contributed by atoms with Crippen molar-refractivity contribution in [3.8, 4) is 0 Å². The molecule has 0 aliphatic carbocycles. The number of rotatable bonds is 6. The van der Waals surface area contributed by atoms with E-state index in [4.69, 9.17) is 4.74 Å². The van der Waals surface area contributed by atoms with Crippen LogP contribution in [0, 0.1) is 0 Å². The molecule has 1 aromatic carbocycles. The minimum atomic E-state index is 0.680. The van der Waals surface area contributed by atoms with E-state index >= 15 is 0 Å². The highest BCUT2D eigenvalue weighted by Gasteiger charge is 2.11. The molecule has 0 atom stereocenters. The summed E-state index contributed by atoms with van der Waals surface area (Å²) < 4.78 is 7.80. The second kappa shape index (κ2) is 6.66. The molecule has 0 aliphatic heterocycles. The SMILES string of the molecule is CCCNCc1sc2ccc(Br)cc2c1COC. The Morgan fingerprint density at radius 3 is 2.94 bits per heavy atom. The first-order valence-corrected chi connectivity index (χ1v) is 7.76. The lowest BCUT2D eigenvalue weighted by Gasteiger charge is -2.05. The second-order valence-corrected chi connectivity index (χ2v) is 6.31. The van der Waals surface area contributed by atoms with Gasteiger partial charge >= 0.3 is 0 Å². The molecule has 0 radical (unpaired) electrons. The van der Waals surface area contributed by atoms with E-state index < -0.39 is 0 Å². The van der Waals surface area contributed by atoms with Crippen molar-refractivity contribution in [2.24, 2.45) is 0 Å². The van der Waals surface area contributed by atoms with Gasteiger partial charge in [-0.1, -0.05) is 22.9 Å². The van der Waals surface area contributed by atoms with Gasteiger partial charge in [-0.15, -0.1) is 11.3 Å². The molecule has 0 unspecified atom stereocenters. The van der Waals surface area contributed by atoms with Crippen molar-refractivity contribution in [1.29, 1.82) is 0 Å². The van der Waals surface area contributed by atoms with E-state index in [-0.39, 0.29) is 0 Å². The summed E-state index contributed by atoms with van der Waals surface area (Å²) in [7, 11) is 1.75. The number of fused-ring (bicyclic) bond motifs is 1. The summed E-state index contributed by atoms with van der Waals surface area (Å²) in [6.45, 7) is 4.86. The fourth-order valence-corrected chi connectivity index (χ4v) is 3.52. The number of halogens is 1. The van der Waals surface area contributed by atoms with Gasteiger partial charge < -0.3 is 10.1 Å². The molecular formula is C14H18BrNOS. The summed E-state index contributed by atoms with van der Waals surface area (Å²) in [5.41, 5.74) is 1.32. The first-order chi connectivity index (χ1) is 8.76. The summed E-state index contributed by atoms with van der Waals surface area (Å²) in [6, 6.07) is 6.45. The average Bonchev–Trinajstić information content (AvgIpc) is 2.68. The molecule has 2 nitrogen and oxygen atoms in total. The second-order valence-electron chi connectivity index (χ2n) is 4.25. The van der Waals surface area contributed by atoms with E-state index in [0.29, 0.717) is 6.61 Å². The number of hydrogen-bond acceptors (Lipinski definition) is 3. The monoisotopic (exact) mass is 327 g/mol. The topological polar surface area (TPSA) is 21.3 Å². The molecule has 1 aromatic heterocycles. The molecule has 4 heteroatoms. The summed E-state index contributed by atoms with van der Waals surface area (Å²) in [5, 5.41) is 4.78. The Kier molecular flexibility index (Phi) is 5.18. The molecule has 0 bridgehead atoms. The Labute approximate surface area is 120 Å². The van der Waals surface area contributed by atoms with Crippen LogP contribution in [0.4, 0.5) is 0 Å². The Morgan fingerprint density at radius 2 is 2.22 bits per heavy atom. The van der Waals surface area contributed by atoms with Crippen LogP contribution in [-0.4, -0.2) is 13.7 Å². The minimum absolute atomic E-state index is 0.680. The van der Waals surface area contributed by atoms with Gasteiger partial charge in [-0.25, -0.2) is 0 Å². The highest BCUT2D eigenvalue weighted by atomic mass is 79.9. The highest BCUT2D eigenvalue weighted by molar-refractivity contribution is 9.10. The van der Waals surface area contributed by atoms with Gasteiger partial charge in [0.1, 0.15) is 0 Å². The molecule has 1 heterocycles. The number of benzene rings is 1. The van der Waals surface area contributed by atoms with Crippen LogP contribution in [0.15, 0.2) is 22.7 Å². The third-order valence-corrected chi connectivity index (χ3v) is 4.54. The summed E-state index contributed by atoms with van der Waals surface area (Å²) in [4.78, 5) is 1.39. The third kappa shape index (κ3) is 3.12. The predicted molar refractivity (Wildman–Crippen MR) is 82.2 cm³/mol. The highest BCUT2D eigenvalue weighted by Crippen LogP contribution is 2.33. The van der Waals surface area contributed by atoms with Gasteiger partial charge in [0.05, 0.1) is 6.61 Å². The maximum atomic E-state index is 5.34. The van der Waals surface area contributed by atoms with Crippen molar-refractivity contribution in [2.45, 2.75) is 26.5 Å². The number of ether oxygens (including phenoxy) is 1. The van der Waals surface area contributed by atoms with E-state index in [1.54, 1.807) is 7.11 Å². The van der Waals surface area contributed by atoms with E-state index in [1.807, 2.05) is 11.3 Å². The Bertz CT molecular complexity index is 524. The molecule has 1 N–H and O–H groups in total. The molecule has 18 heavy (non-hydrogen) atoms. The first kappa shape index (κ1) is 14.0. The third-order valence-electron chi connectivity index (χ3n) is 2.84. The molecule has 0 aliphatic rings. The van der Waals surface area contributed by atoms with Gasteiger partial charge in [0.25, 0.3) is 0 Å². The van der Waals surface area contributed by atoms with Crippen molar-refractivity contribution in [2.75, 3.05) is 13.7 Å². The number of nitrogens with one attached hydrogen (secondary N) is 1. The summed E-state index contributed by atoms with van der Waals surface area (Å²) in [5.74, 6) is 0. The molecular weight excluding hydrogens is 310 g/mol. The lowest BCUT2D eigenvalue weighted by atomic mass is 10.1. The zero-order valence-corrected chi connectivity index (χ0v) is 13.2. The van der Waals surface area contributed by atoms with E-state index in [0.717, 1.165) is 24.0 Å². The molecule has 2 aromatic rings. The van der Waals surface area contributed by atoms with Crippen LogP contribution in [0.5, 0.6) is 0 Å². The zero-order valence-electron chi connectivity index (χ0n) is 10.8. The van der Waals surface area contributed by atoms with Gasteiger partial charge in [-0.2, -0.15) is 0 Å². The Morgan fingerprint density at radius 1 is 1.39 bits per heavy atom. The molecule has 98 valence electrons. The van der Waals surface area contributed by atoms with Gasteiger partial charge in [0, 0.05) is 33.3 Å². The number of methoxy groups -OCH3 is 1. The van der Waals surface area contributed by atoms with Gasteiger partial charge in [-0.05, 0) is 36.6 Å². The van der Waals surface area contributed by atoms with Crippen LogP contribution in [0.1, 0.15) is 23.8 Å². The van der Waals surface area contributed by atoms with Crippen molar-refractivity contribution < 1.29 is 4.74 Å². The molecule has 0 saturated carbocycles. The van der Waals surface area contributed by atoms with Crippen molar-refractivity contribution in [3.63, 3.8) is 0 Å². The lowest BCUT2D eigenvalue weighted by molar-refractivity contribution is 0.185. The van der Waals surface area contributed by atoms with E-state index in [9.17, 15) is 0 Å². The van der Waals surface area contributed by atoms with Crippen LogP contribution in [0.25, 0.3) is 10.1 Å². The quantitative estimate of drug-likeness (QED) is 0.798. The minimum Gasteiger partial charge on any atom is -0.380 e.